The highest BCUT2D eigenvalue weighted by Crippen LogP contribution is 2.13. The molecule has 0 radical (unpaired) electrons. The van der Waals surface area contributed by atoms with Gasteiger partial charge in [0.2, 0.25) is 0 Å². The summed E-state index contributed by atoms with van der Waals surface area (Å²) in [7, 11) is 12.5. The average Bonchev–Trinajstić information content (AvgIpc) is 1.83. The SMILES string of the molecule is CC(C(C=O)[N+](C)(C)C)[N+](C)(C)C. The van der Waals surface area contributed by atoms with Crippen LogP contribution < -0.4 is 0 Å². The molecule has 3 nitrogen and oxygen atoms in total. The van der Waals surface area contributed by atoms with Crippen molar-refractivity contribution in [1.29, 1.82) is 0 Å². The molecule has 0 aromatic heterocycles. The molecule has 0 spiro atoms. The molecule has 0 heterocycles. The lowest BCUT2D eigenvalue weighted by Crippen LogP contribution is -2.60. The standard InChI is InChI=1S/C10H24N2O/c1-9(11(2,3)4)10(8-13)12(5,6)7/h8-10H,1-7H3/q+2. The van der Waals surface area contributed by atoms with Crippen molar-refractivity contribution in [2.45, 2.75) is 19.0 Å². The fourth-order valence-electron chi connectivity index (χ4n) is 1.40. The van der Waals surface area contributed by atoms with Gasteiger partial charge in [0.25, 0.3) is 0 Å². The summed E-state index contributed by atoms with van der Waals surface area (Å²) >= 11 is 0. The van der Waals surface area contributed by atoms with Gasteiger partial charge in [0.15, 0.2) is 12.3 Å². The van der Waals surface area contributed by atoms with Crippen LogP contribution in [0.3, 0.4) is 0 Å². The highest BCUT2D eigenvalue weighted by molar-refractivity contribution is 5.56. The van der Waals surface area contributed by atoms with Gasteiger partial charge in [0.1, 0.15) is 6.04 Å². The third-order valence-corrected chi connectivity index (χ3v) is 2.75. The van der Waals surface area contributed by atoms with E-state index in [1.54, 1.807) is 0 Å². The number of nitrogens with zero attached hydrogens (tertiary/aromatic N) is 2. The summed E-state index contributed by atoms with van der Waals surface area (Å²) in [5, 5.41) is 0. The number of hydrogen-bond acceptors (Lipinski definition) is 1. The molecule has 2 atom stereocenters. The molecule has 0 N–H and O–H groups in total. The van der Waals surface area contributed by atoms with Crippen molar-refractivity contribution < 1.29 is 13.8 Å². The van der Waals surface area contributed by atoms with Gasteiger partial charge in [-0.1, -0.05) is 0 Å². The molecule has 2 unspecified atom stereocenters. The number of rotatable bonds is 4. The number of carbonyl (C=O) groups is 1. The molecule has 0 aromatic rings. The van der Waals surface area contributed by atoms with E-state index in [1.807, 2.05) is 0 Å². The Morgan fingerprint density at radius 2 is 1.31 bits per heavy atom. The molecule has 0 amide bonds. The Morgan fingerprint density at radius 1 is 0.923 bits per heavy atom. The van der Waals surface area contributed by atoms with Gasteiger partial charge < -0.3 is 8.97 Å². The summed E-state index contributed by atoms with van der Waals surface area (Å²) in [5.41, 5.74) is 0. The van der Waals surface area contributed by atoms with Gasteiger partial charge in [-0.15, -0.1) is 0 Å². The molecular formula is C10H24N2O+2. The van der Waals surface area contributed by atoms with E-state index >= 15 is 0 Å². The fourth-order valence-corrected chi connectivity index (χ4v) is 1.40. The first-order valence-electron chi connectivity index (χ1n) is 4.68. The molecule has 0 aromatic carbocycles. The van der Waals surface area contributed by atoms with Gasteiger partial charge in [-0.2, -0.15) is 0 Å². The van der Waals surface area contributed by atoms with Gasteiger partial charge in [-0.3, -0.25) is 4.79 Å². The number of carbonyl (C=O) groups excluding carboxylic acids is 1. The van der Waals surface area contributed by atoms with Crippen LogP contribution in [0.5, 0.6) is 0 Å². The van der Waals surface area contributed by atoms with E-state index in [1.165, 1.54) is 0 Å². The van der Waals surface area contributed by atoms with E-state index in [-0.39, 0.29) is 6.04 Å². The van der Waals surface area contributed by atoms with E-state index in [9.17, 15) is 4.79 Å². The summed E-state index contributed by atoms with van der Waals surface area (Å²) in [6.07, 6.45) is 1.08. The molecule has 0 aliphatic rings. The zero-order valence-electron chi connectivity index (χ0n) is 10.0. The second-order valence-corrected chi connectivity index (χ2v) is 5.60. The molecular weight excluding hydrogens is 164 g/mol. The lowest BCUT2D eigenvalue weighted by molar-refractivity contribution is -0.956. The minimum Gasteiger partial charge on any atom is -0.323 e. The second kappa shape index (κ2) is 3.76. The minimum absolute atomic E-state index is 0.0556. The van der Waals surface area contributed by atoms with Crippen LogP contribution in [0.1, 0.15) is 6.92 Å². The van der Waals surface area contributed by atoms with Crippen LogP contribution in [-0.2, 0) is 4.79 Å². The molecule has 78 valence electrons. The molecule has 0 rings (SSSR count). The number of aldehydes is 1. The maximum atomic E-state index is 11.0. The molecule has 0 aliphatic heterocycles. The number of likely N-dealkylation sites (N-methyl/N-ethyl adjacent to an activating group) is 2. The normalized spacial score (nSPS) is 18.1. The van der Waals surface area contributed by atoms with Crippen molar-refractivity contribution in [1.82, 2.24) is 0 Å². The van der Waals surface area contributed by atoms with Crippen LogP contribution in [0.2, 0.25) is 0 Å². The van der Waals surface area contributed by atoms with Crippen LogP contribution in [-0.4, -0.2) is 69.6 Å². The van der Waals surface area contributed by atoms with Crippen molar-refractivity contribution in [2.24, 2.45) is 0 Å². The van der Waals surface area contributed by atoms with Crippen LogP contribution >= 0.6 is 0 Å². The average molecular weight is 188 g/mol. The first kappa shape index (κ1) is 12.6. The second-order valence-electron chi connectivity index (χ2n) is 5.60. The summed E-state index contributed by atoms with van der Waals surface area (Å²) in [4.78, 5) is 11.0. The van der Waals surface area contributed by atoms with Crippen molar-refractivity contribution in [3.8, 4) is 0 Å². The third kappa shape index (κ3) is 3.44. The first-order valence-corrected chi connectivity index (χ1v) is 4.68. The quantitative estimate of drug-likeness (QED) is 0.460. The maximum absolute atomic E-state index is 11.0. The van der Waals surface area contributed by atoms with E-state index in [0.29, 0.717) is 10.5 Å². The summed E-state index contributed by atoms with van der Waals surface area (Å²) < 4.78 is 1.51. The Hall–Kier alpha value is -0.410. The predicted molar refractivity (Wildman–Crippen MR) is 55.4 cm³/mol. The van der Waals surface area contributed by atoms with Gasteiger partial charge in [-0.25, -0.2) is 0 Å². The summed E-state index contributed by atoms with van der Waals surface area (Å²) in [5.74, 6) is 0. The Labute approximate surface area is 82.1 Å². The maximum Gasteiger partial charge on any atom is 0.196 e. The highest BCUT2D eigenvalue weighted by Gasteiger charge is 2.37. The predicted octanol–water partition coefficient (Wildman–Crippen LogP) is 0.355. The van der Waals surface area contributed by atoms with Gasteiger partial charge in [0, 0.05) is 0 Å². The van der Waals surface area contributed by atoms with Gasteiger partial charge >= 0.3 is 0 Å². The first-order chi connectivity index (χ1) is 5.60. The molecule has 13 heavy (non-hydrogen) atoms. The van der Waals surface area contributed by atoms with Crippen molar-refractivity contribution in [3.63, 3.8) is 0 Å². The third-order valence-electron chi connectivity index (χ3n) is 2.75. The van der Waals surface area contributed by atoms with Crippen LogP contribution in [0.4, 0.5) is 0 Å². The summed E-state index contributed by atoms with van der Waals surface area (Å²) in [6.45, 7) is 2.13. The smallest absolute Gasteiger partial charge is 0.196 e. The Bertz CT molecular complexity index is 176. The van der Waals surface area contributed by atoms with Crippen molar-refractivity contribution in [2.75, 3.05) is 42.3 Å². The topological polar surface area (TPSA) is 17.1 Å². The molecule has 0 bridgehead atoms. The zero-order chi connectivity index (χ0) is 10.9. The van der Waals surface area contributed by atoms with Gasteiger partial charge in [-0.05, 0) is 6.92 Å². The molecule has 0 saturated heterocycles. The molecule has 3 heteroatoms. The molecule has 0 fully saturated rings. The lowest BCUT2D eigenvalue weighted by Gasteiger charge is -2.40. The van der Waals surface area contributed by atoms with Gasteiger partial charge in [0.05, 0.1) is 42.3 Å². The summed E-state index contributed by atoms with van der Waals surface area (Å²) in [6, 6.07) is 0.387. The minimum atomic E-state index is 0.0556. The largest absolute Gasteiger partial charge is 0.323 e. The molecule has 0 saturated carbocycles. The van der Waals surface area contributed by atoms with Crippen molar-refractivity contribution >= 4 is 6.29 Å². The van der Waals surface area contributed by atoms with Crippen molar-refractivity contribution in [3.05, 3.63) is 0 Å². The van der Waals surface area contributed by atoms with E-state index in [2.05, 4.69) is 49.2 Å². The van der Waals surface area contributed by atoms with E-state index in [0.717, 1.165) is 10.8 Å². The van der Waals surface area contributed by atoms with Crippen LogP contribution in [0, 0.1) is 0 Å². The zero-order valence-corrected chi connectivity index (χ0v) is 10.0. The molecule has 0 aliphatic carbocycles. The Kier molecular flexibility index (Phi) is 3.64. The Balaban J connectivity index is 4.71. The number of hydrogen-bond donors (Lipinski definition) is 0. The fraction of sp³-hybridized carbons (Fsp3) is 0.900. The van der Waals surface area contributed by atoms with E-state index < -0.39 is 0 Å². The number of quaternary nitrogens is 2. The van der Waals surface area contributed by atoms with Crippen LogP contribution in [0.25, 0.3) is 0 Å². The lowest BCUT2D eigenvalue weighted by atomic mass is 10.1. The highest BCUT2D eigenvalue weighted by atomic mass is 16.1. The van der Waals surface area contributed by atoms with E-state index in [4.69, 9.17) is 0 Å². The monoisotopic (exact) mass is 188 g/mol. The Morgan fingerprint density at radius 3 is 1.38 bits per heavy atom. The van der Waals surface area contributed by atoms with Crippen LogP contribution in [0.15, 0.2) is 0 Å².